The number of piperidine rings is 2. The first-order chi connectivity index (χ1) is 33.5. The van der Waals surface area contributed by atoms with E-state index in [1.54, 1.807) is 0 Å². The Hall–Kier alpha value is -6.17. The molecule has 4 aliphatic rings. The van der Waals surface area contributed by atoms with Gasteiger partial charge in [0.1, 0.15) is 23.9 Å². The van der Waals surface area contributed by atoms with Crippen LogP contribution in [0.2, 0.25) is 0 Å². The lowest BCUT2D eigenvalue weighted by atomic mass is 9.97. The van der Waals surface area contributed by atoms with Crippen LogP contribution in [-0.4, -0.2) is 96.0 Å². The molecule has 10 heteroatoms. The molecular weight excluding hydrogens is 841 g/mol. The number of aromatic amines is 2. The molecule has 4 aliphatic heterocycles. The number of aliphatic hydroxyl groups excluding tert-OH is 1. The van der Waals surface area contributed by atoms with Crippen molar-refractivity contribution >= 4 is 38.7 Å². The number of imidazole rings is 2. The summed E-state index contributed by atoms with van der Waals surface area (Å²) in [6, 6.07) is 47.0. The van der Waals surface area contributed by atoms with Gasteiger partial charge in [-0.15, -0.1) is 0 Å². The molecule has 12 rings (SSSR count). The average Bonchev–Trinajstić information content (AvgIpc) is 4.24. The summed E-state index contributed by atoms with van der Waals surface area (Å²) in [6.07, 6.45) is 10.3. The number of aliphatic hydroxyl groups is 1. The number of H-pyrrole nitrogens is 2. The van der Waals surface area contributed by atoms with Gasteiger partial charge in [0.25, 0.3) is 0 Å². The van der Waals surface area contributed by atoms with E-state index in [0.29, 0.717) is 0 Å². The van der Waals surface area contributed by atoms with Gasteiger partial charge in [-0.25, -0.2) is 9.97 Å². The SMILES string of the molecule is O=C(C(c1ccccc1)N1CCCCC1)N1CCCC1c1nc2ccc(-c3ccc4ccc(-c5ccc6nc(C7CCCN7C(O)C(c7ccccc7)N7CCCCC7)[nH]c6c5)cc4c3)cc2[nH]1. The summed E-state index contributed by atoms with van der Waals surface area (Å²) in [4.78, 5) is 41.5. The molecule has 6 heterocycles. The first-order valence-electron chi connectivity index (χ1n) is 25.4. The van der Waals surface area contributed by atoms with Gasteiger partial charge in [-0.3, -0.25) is 19.5 Å². The van der Waals surface area contributed by atoms with Crippen LogP contribution < -0.4 is 0 Å². The molecule has 68 heavy (non-hydrogen) atoms. The van der Waals surface area contributed by atoms with E-state index in [4.69, 9.17) is 9.97 Å². The van der Waals surface area contributed by atoms with Crippen molar-refractivity contribution in [1.82, 2.24) is 39.5 Å². The predicted molar refractivity (Wildman–Crippen MR) is 272 cm³/mol. The van der Waals surface area contributed by atoms with E-state index >= 15 is 0 Å². The van der Waals surface area contributed by atoms with Crippen molar-refractivity contribution in [2.75, 3.05) is 39.3 Å². The van der Waals surface area contributed by atoms with E-state index < -0.39 is 6.23 Å². The number of nitrogens with one attached hydrogen (secondary N) is 2. The maximum atomic E-state index is 14.6. The third-order valence-electron chi connectivity index (χ3n) is 15.6. The summed E-state index contributed by atoms with van der Waals surface area (Å²) in [6.45, 7) is 5.53. The Morgan fingerprint density at radius 3 is 1.65 bits per heavy atom. The van der Waals surface area contributed by atoms with E-state index in [1.165, 1.54) is 42.0 Å². The molecule has 0 aliphatic carbocycles. The topological polar surface area (TPSA) is 108 Å². The summed E-state index contributed by atoms with van der Waals surface area (Å²) in [5, 5.41) is 14.6. The normalized spacial score (nSPS) is 21.2. The van der Waals surface area contributed by atoms with Gasteiger partial charge in [0, 0.05) is 13.1 Å². The number of hydrogen-bond donors (Lipinski definition) is 3. The highest BCUT2D eigenvalue weighted by Gasteiger charge is 2.41. The van der Waals surface area contributed by atoms with Crippen LogP contribution in [0.15, 0.2) is 133 Å². The van der Waals surface area contributed by atoms with Crippen LogP contribution in [0.1, 0.15) is 111 Å². The van der Waals surface area contributed by atoms with E-state index in [-0.39, 0.29) is 30.1 Å². The predicted octanol–water partition coefficient (Wildman–Crippen LogP) is 11.5. The highest BCUT2D eigenvalue weighted by Crippen LogP contribution is 2.40. The molecule has 1 amide bonds. The molecule has 4 saturated heterocycles. The van der Waals surface area contributed by atoms with Crippen LogP contribution in [0, 0.1) is 0 Å². The van der Waals surface area contributed by atoms with Gasteiger partial charge < -0.3 is 20.0 Å². The van der Waals surface area contributed by atoms with E-state index in [0.717, 1.165) is 139 Å². The van der Waals surface area contributed by atoms with Gasteiger partial charge in [0.2, 0.25) is 5.91 Å². The number of aromatic nitrogens is 4. The van der Waals surface area contributed by atoms with Crippen molar-refractivity contribution in [3.8, 4) is 22.3 Å². The van der Waals surface area contributed by atoms with E-state index in [9.17, 15) is 9.90 Å². The van der Waals surface area contributed by atoms with E-state index in [1.807, 2.05) is 6.07 Å². The van der Waals surface area contributed by atoms with Gasteiger partial charge in [0.05, 0.1) is 40.2 Å². The number of nitrogens with zero attached hydrogens (tertiary/aromatic N) is 6. The Morgan fingerprint density at radius 2 is 1.03 bits per heavy atom. The van der Waals surface area contributed by atoms with Crippen molar-refractivity contribution in [3.63, 3.8) is 0 Å². The number of likely N-dealkylation sites (tertiary alicyclic amines) is 4. The summed E-state index contributed by atoms with van der Waals surface area (Å²) >= 11 is 0. The molecule has 4 fully saturated rings. The summed E-state index contributed by atoms with van der Waals surface area (Å²) < 4.78 is 0. The summed E-state index contributed by atoms with van der Waals surface area (Å²) in [5.41, 5.74) is 10.7. The minimum Gasteiger partial charge on any atom is -0.376 e. The smallest absolute Gasteiger partial charge is 0.245 e. The number of carbonyl (C=O) groups is 1. The highest BCUT2D eigenvalue weighted by atomic mass is 16.3. The second-order valence-corrected chi connectivity index (χ2v) is 19.8. The molecule has 3 N–H and O–H groups in total. The molecule has 2 aromatic heterocycles. The molecule has 0 radical (unpaired) electrons. The Bertz CT molecular complexity index is 3040. The summed E-state index contributed by atoms with van der Waals surface area (Å²) in [7, 11) is 0. The number of fused-ring (bicyclic) bond motifs is 3. The molecule has 0 bridgehead atoms. The second kappa shape index (κ2) is 18.7. The van der Waals surface area contributed by atoms with Crippen LogP contribution in [-0.2, 0) is 4.79 Å². The monoisotopic (exact) mass is 902 g/mol. The average molecular weight is 903 g/mol. The van der Waals surface area contributed by atoms with Gasteiger partial charge in [0.15, 0.2) is 0 Å². The fourth-order valence-electron chi connectivity index (χ4n) is 12.1. The molecule has 10 nitrogen and oxygen atoms in total. The highest BCUT2D eigenvalue weighted by molar-refractivity contribution is 5.93. The zero-order valence-corrected chi connectivity index (χ0v) is 38.9. The maximum absolute atomic E-state index is 14.6. The zero-order valence-electron chi connectivity index (χ0n) is 38.9. The van der Waals surface area contributed by atoms with Crippen molar-refractivity contribution in [3.05, 3.63) is 156 Å². The molecule has 5 atom stereocenters. The minimum atomic E-state index is -0.629. The summed E-state index contributed by atoms with van der Waals surface area (Å²) in [5.74, 6) is 2.00. The fourth-order valence-corrected chi connectivity index (χ4v) is 12.1. The van der Waals surface area contributed by atoms with Crippen molar-refractivity contribution < 1.29 is 9.90 Å². The first kappa shape index (κ1) is 43.1. The maximum Gasteiger partial charge on any atom is 0.245 e. The first-order valence-corrected chi connectivity index (χ1v) is 25.4. The molecule has 0 saturated carbocycles. The molecule has 6 aromatic carbocycles. The van der Waals surface area contributed by atoms with Crippen LogP contribution in [0.4, 0.5) is 0 Å². The largest absolute Gasteiger partial charge is 0.376 e. The molecule has 346 valence electrons. The lowest BCUT2D eigenvalue weighted by Gasteiger charge is -2.41. The van der Waals surface area contributed by atoms with Crippen LogP contribution in [0.5, 0.6) is 0 Å². The van der Waals surface area contributed by atoms with Gasteiger partial charge in [-0.2, -0.15) is 0 Å². The van der Waals surface area contributed by atoms with Crippen LogP contribution in [0.3, 0.4) is 0 Å². The second-order valence-electron chi connectivity index (χ2n) is 19.8. The minimum absolute atomic E-state index is 0.0205. The third kappa shape index (κ3) is 8.31. The Kier molecular flexibility index (Phi) is 11.9. The number of amides is 1. The van der Waals surface area contributed by atoms with Gasteiger partial charge in [-0.05, 0) is 158 Å². The van der Waals surface area contributed by atoms with Gasteiger partial charge in [-0.1, -0.05) is 110 Å². The number of carbonyl (C=O) groups excluding carboxylic acids is 1. The number of rotatable bonds is 11. The lowest BCUT2D eigenvalue weighted by Crippen LogP contribution is -2.47. The molecule has 8 aromatic rings. The van der Waals surface area contributed by atoms with Crippen molar-refractivity contribution in [1.29, 1.82) is 0 Å². The number of hydrogen-bond acceptors (Lipinski definition) is 7. The zero-order chi connectivity index (χ0) is 45.6. The standard InChI is InChI=1S/C58H62N8O2/c67-57(53(40-15-5-1-6-16-40)63-29-9-3-10-30-63)65-33-13-19-51(65)55-59-47-27-25-44(37-49(47)61-55)42-23-21-39-22-24-43(36-46(39)35-42)45-26-28-48-50(38-45)62-56(60-48)52-20-14-34-66(52)58(68)54(41-17-7-2-8-18-41)64-31-11-4-12-32-64/h1-2,5-8,15-18,21-28,35-38,51-54,57,67H,3-4,9-14,19-20,29-34H2,(H,59,61)(H,60,62). The van der Waals surface area contributed by atoms with E-state index in [2.05, 4.69) is 157 Å². The Morgan fingerprint density at radius 1 is 0.515 bits per heavy atom. The number of benzene rings is 6. The lowest BCUT2D eigenvalue weighted by molar-refractivity contribution is -0.139. The van der Waals surface area contributed by atoms with Crippen molar-refractivity contribution in [2.45, 2.75) is 94.6 Å². The Balaban J connectivity index is 0.783. The third-order valence-corrected chi connectivity index (χ3v) is 15.6. The van der Waals surface area contributed by atoms with Crippen LogP contribution >= 0.6 is 0 Å². The Labute approximate surface area is 399 Å². The van der Waals surface area contributed by atoms with Gasteiger partial charge >= 0.3 is 0 Å². The molecular formula is C58H62N8O2. The molecule has 5 unspecified atom stereocenters. The molecule has 0 spiro atoms. The van der Waals surface area contributed by atoms with Crippen LogP contribution in [0.25, 0.3) is 55.1 Å². The quantitative estimate of drug-likeness (QED) is 0.119. The fraction of sp³-hybridized carbons (Fsp3) is 0.362. The van der Waals surface area contributed by atoms with Crippen molar-refractivity contribution in [2.24, 2.45) is 0 Å².